The van der Waals surface area contributed by atoms with Crippen molar-refractivity contribution in [1.29, 1.82) is 0 Å². The van der Waals surface area contributed by atoms with E-state index >= 15 is 4.39 Å². The van der Waals surface area contributed by atoms with Crippen LogP contribution >= 0.6 is 18.5 Å². The Morgan fingerprint density at radius 3 is 1.93 bits per heavy atom. The molecule has 0 saturated carbocycles. The highest BCUT2D eigenvalue weighted by molar-refractivity contribution is 7.15. The van der Waals surface area contributed by atoms with Crippen LogP contribution in [-0.2, 0) is 35.0 Å². The lowest BCUT2D eigenvalue weighted by molar-refractivity contribution is 0.184. The van der Waals surface area contributed by atoms with E-state index in [0.29, 0.717) is 18.8 Å². The van der Waals surface area contributed by atoms with Gasteiger partial charge >= 0.3 is 0 Å². The van der Waals surface area contributed by atoms with Gasteiger partial charge in [0.1, 0.15) is 5.82 Å². The molecule has 2 nitrogen and oxygen atoms in total. The molecule has 0 aliphatic rings. The summed E-state index contributed by atoms with van der Waals surface area (Å²) < 4.78 is 26.1. The van der Waals surface area contributed by atoms with Crippen LogP contribution in [0.25, 0.3) is 22.3 Å². The molecule has 29 heavy (non-hydrogen) atoms. The fourth-order valence-electron chi connectivity index (χ4n) is 3.53. The molecule has 0 amide bonds. The van der Waals surface area contributed by atoms with Gasteiger partial charge in [-0.05, 0) is 69.5 Å². The van der Waals surface area contributed by atoms with Gasteiger partial charge in [-0.25, -0.2) is 4.39 Å². The molecule has 0 aromatic heterocycles. The van der Waals surface area contributed by atoms with E-state index in [4.69, 9.17) is 9.47 Å². The monoisotopic (exact) mass is 428 g/mol. The largest absolute Gasteiger partial charge is 0.380 e. The summed E-state index contributed by atoms with van der Waals surface area (Å²) in [4.78, 5) is 0. The Hall–Kier alpha value is -1.63. The second-order valence-electron chi connectivity index (χ2n) is 6.95. The number of hydrogen-bond donors (Lipinski definition) is 0. The minimum absolute atomic E-state index is 0.244. The number of rotatable bonds is 8. The lowest BCUT2D eigenvalue weighted by Gasteiger charge is -2.16. The Kier molecular flexibility index (Phi) is 7.92. The third-order valence-electron chi connectivity index (χ3n) is 5.01. The van der Waals surface area contributed by atoms with Gasteiger partial charge in [0.2, 0.25) is 0 Å². The van der Waals surface area contributed by atoms with Crippen LogP contribution in [0.5, 0.6) is 0 Å². The van der Waals surface area contributed by atoms with Crippen molar-refractivity contribution in [3.63, 3.8) is 0 Å². The van der Waals surface area contributed by atoms with Crippen molar-refractivity contribution in [3.05, 3.63) is 82.7 Å². The SMILES string of the molecule is COCc1cc(-c2c(F)cc(-c3ccc(CP)cc3)cc2COC)ccc1CP. The zero-order valence-corrected chi connectivity index (χ0v) is 19.2. The van der Waals surface area contributed by atoms with E-state index < -0.39 is 0 Å². The predicted molar refractivity (Wildman–Crippen MR) is 126 cm³/mol. The Balaban J connectivity index is 2.10. The van der Waals surface area contributed by atoms with Gasteiger partial charge < -0.3 is 9.47 Å². The first-order valence-electron chi connectivity index (χ1n) is 9.53. The molecule has 0 aliphatic carbocycles. The van der Waals surface area contributed by atoms with Crippen molar-refractivity contribution in [1.82, 2.24) is 0 Å². The van der Waals surface area contributed by atoms with Gasteiger partial charge in [0, 0.05) is 19.8 Å². The standard InChI is InChI=1S/C24H27FO2P2/c1-26-12-21-9-18(7-8-19(21)15-29)24-22(13-27-2)10-20(11-23(24)25)17-5-3-16(14-28)4-6-17/h3-11H,12-15,28-29H2,1-2H3. The highest BCUT2D eigenvalue weighted by Crippen LogP contribution is 2.34. The summed E-state index contributed by atoms with van der Waals surface area (Å²) in [6.45, 7) is 0.841. The minimum Gasteiger partial charge on any atom is -0.380 e. The highest BCUT2D eigenvalue weighted by atomic mass is 31.0. The number of hydrogen-bond acceptors (Lipinski definition) is 2. The Morgan fingerprint density at radius 1 is 0.690 bits per heavy atom. The highest BCUT2D eigenvalue weighted by Gasteiger charge is 2.16. The first-order valence-corrected chi connectivity index (χ1v) is 11.2. The summed E-state index contributed by atoms with van der Waals surface area (Å²) in [6, 6.07) is 17.9. The normalized spacial score (nSPS) is 11.1. The fraction of sp³-hybridized carbons (Fsp3) is 0.250. The van der Waals surface area contributed by atoms with E-state index in [1.807, 2.05) is 36.4 Å². The Bertz CT molecular complexity index is 971. The lowest BCUT2D eigenvalue weighted by Crippen LogP contribution is -2.00. The molecular formula is C24H27FO2P2. The zero-order chi connectivity index (χ0) is 20.8. The topological polar surface area (TPSA) is 18.5 Å². The van der Waals surface area contributed by atoms with Gasteiger partial charge in [-0.1, -0.05) is 36.4 Å². The average Bonchev–Trinajstić information content (AvgIpc) is 2.74. The molecule has 0 fully saturated rings. The number of benzene rings is 3. The van der Waals surface area contributed by atoms with Crippen molar-refractivity contribution < 1.29 is 13.9 Å². The molecule has 2 unspecified atom stereocenters. The van der Waals surface area contributed by atoms with Crippen molar-refractivity contribution in [2.24, 2.45) is 0 Å². The molecular weight excluding hydrogens is 401 g/mol. The van der Waals surface area contributed by atoms with E-state index in [1.54, 1.807) is 20.3 Å². The van der Waals surface area contributed by atoms with Crippen molar-refractivity contribution in [2.75, 3.05) is 14.2 Å². The predicted octanol–water partition coefficient (Wildman–Crippen LogP) is 6.20. The van der Waals surface area contributed by atoms with E-state index in [9.17, 15) is 0 Å². The lowest BCUT2D eigenvalue weighted by atomic mass is 9.92. The maximum absolute atomic E-state index is 15.4. The first-order chi connectivity index (χ1) is 14.1. The molecule has 0 bridgehead atoms. The van der Waals surface area contributed by atoms with Crippen molar-refractivity contribution in [3.8, 4) is 22.3 Å². The summed E-state index contributed by atoms with van der Waals surface area (Å²) in [7, 11) is 8.76. The molecule has 3 aromatic carbocycles. The van der Waals surface area contributed by atoms with Gasteiger partial charge in [0.05, 0.1) is 13.2 Å². The smallest absolute Gasteiger partial charge is 0.132 e. The molecule has 0 aliphatic heterocycles. The van der Waals surface area contributed by atoms with Gasteiger partial charge in [-0.2, -0.15) is 0 Å². The van der Waals surface area contributed by atoms with Gasteiger partial charge in [0.25, 0.3) is 0 Å². The van der Waals surface area contributed by atoms with Crippen molar-refractivity contribution in [2.45, 2.75) is 25.5 Å². The van der Waals surface area contributed by atoms with E-state index in [1.165, 1.54) is 11.1 Å². The minimum atomic E-state index is -0.244. The quantitative estimate of drug-likeness (QED) is 0.398. The first kappa shape index (κ1) is 22.1. The van der Waals surface area contributed by atoms with Gasteiger partial charge in [0.15, 0.2) is 0 Å². The maximum atomic E-state index is 15.4. The molecule has 3 aromatic rings. The van der Waals surface area contributed by atoms with Crippen LogP contribution in [0.2, 0.25) is 0 Å². The molecule has 152 valence electrons. The molecule has 0 N–H and O–H groups in total. The second kappa shape index (κ2) is 10.4. The Morgan fingerprint density at radius 2 is 1.31 bits per heavy atom. The molecule has 2 atom stereocenters. The number of halogens is 1. The van der Waals surface area contributed by atoms with Crippen LogP contribution < -0.4 is 0 Å². The van der Waals surface area contributed by atoms with Crippen LogP contribution in [0.1, 0.15) is 22.3 Å². The van der Waals surface area contributed by atoms with Gasteiger partial charge in [-0.15, -0.1) is 18.5 Å². The van der Waals surface area contributed by atoms with E-state index in [0.717, 1.165) is 40.1 Å². The fourth-order valence-corrected chi connectivity index (χ4v) is 4.20. The van der Waals surface area contributed by atoms with Crippen LogP contribution in [0.4, 0.5) is 4.39 Å². The maximum Gasteiger partial charge on any atom is 0.132 e. The molecule has 0 heterocycles. The third-order valence-corrected chi connectivity index (χ3v) is 5.92. The number of ether oxygens (including phenoxy) is 2. The van der Waals surface area contributed by atoms with E-state index in [2.05, 4.69) is 30.6 Å². The zero-order valence-electron chi connectivity index (χ0n) is 16.9. The van der Waals surface area contributed by atoms with E-state index in [-0.39, 0.29) is 5.82 Å². The second-order valence-corrected chi connectivity index (χ2v) is 7.76. The summed E-state index contributed by atoms with van der Waals surface area (Å²) in [6.07, 6.45) is 1.73. The summed E-state index contributed by atoms with van der Waals surface area (Å²) >= 11 is 0. The molecule has 0 spiro atoms. The molecule has 5 heteroatoms. The van der Waals surface area contributed by atoms with Crippen molar-refractivity contribution >= 4 is 18.5 Å². The number of methoxy groups -OCH3 is 2. The molecule has 3 rings (SSSR count). The van der Waals surface area contributed by atoms with Crippen LogP contribution in [0.15, 0.2) is 54.6 Å². The summed E-state index contributed by atoms with van der Waals surface area (Å²) in [5.41, 5.74) is 7.59. The Labute approximate surface area is 177 Å². The van der Waals surface area contributed by atoms with Crippen LogP contribution in [0.3, 0.4) is 0 Å². The summed E-state index contributed by atoms with van der Waals surface area (Å²) in [5, 5.41) is 0. The third kappa shape index (κ3) is 5.11. The van der Waals surface area contributed by atoms with Crippen LogP contribution in [-0.4, -0.2) is 14.2 Å². The average molecular weight is 428 g/mol. The molecule has 0 saturated heterocycles. The van der Waals surface area contributed by atoms with Crippen LogP contribution in [0, 0.1) is 5.82 Å². The van der Waals surface area contributed by atoms with Gasteiger partial charge in [-0.3, -0.25) is 0 Å². The summed E-state index contributed by atoms with van der Waals surface area (Å²) in [5.74, 6) is -0.244. The molecule has 0 radical (unpaired) electrons.